The van der Waals surface area contributed by atoms with Crippen LogP contribution in [0.2, 0.25) is 0 Å². The van der Waals surface area contributed by atoms with E-state index in [0.717, 1.165) is 23.0 Å². The first-order chi connectivity index (χ1) is 7.81. The number of aromatic nitrogens is 2. The lowest BCUT2D eigenvalue weighted by Crippen LogP contribution is -2.09. The summed E-state index contributed by atoms with van der Waals surface area (Å²) >= 11 is 0. The summed E-state index contributed by atoms with van der Waals surface area (Å²) in [5.74, 6) is 0. The molecule has 0 radical (unpaired) electrons. The predicted molar refractivity (Wildman–Crippen MR) is 66.0 cm³/mol. The van der Waals surface area contributed by atoms with Crippen LogP contribution in [0.15, 0.2) is 30.6 Å². The molecule has 2 aromatic rings. The monoisotopic (exact) mass is 215 g/mol. The fourth-order valence-electron chi connectivity index (χ4n) is 1.80. The predicted octanol–water partition coefficient (Wildman–Crippen LogP) is 2.82. The minimum Gasteiger partial charge on any atom is -0.324 e. The second-order valence-corrected chi connectivity index (χ2v) is 4.05. The van der Waals surface area contributed by atoms with Crippen molar-refractivity contribution in [1.82, 2.24) is 9.97 Å². The summed E-state index contributed by atoms with van der Waals surface area (Å²) in [6.45, 7) is 2.18. The zero-order valence-electron chi connectivity index (χ0n) is 9.56. The molecule has 0 amide bonds. The summed E-state index contributed by atoms with van der Waals surface area (Å²) in [7, 11) is 0. The van der Waals surface area contributed by atoms with Crippen LogP contribution in [0.5, 0.6) is 0 Å². The molecule has 0 saturated heterocycles. The maximum atomic E-state index is 6.12. The van der Waals surface area contributed by atoms with Crippen LogP contribution in [0.4, 0.5) is 0 Å². The van der Waals surface area contributed by atoms with E-state index < -0.39 is 0 Å². The Morgan fingerprint density at radius 1 is 1.19 bits per heavy atom. The summed E-state index contributed by atoms with van der Waals surface area (Å²) in [4.78, 5) is 8.53. The van der Waals surface area contributed by atoms with Crippen molar-refractivity contribution in [3.05, 3.63) is 36.2 Å². The second kappa shape index (κ2) is 5.03. The Labute approximate surface area is 95.7 Å². The normalized spacial score (nSPS) is 12.9. The second-order valence-electron chi connectivity index (χ2n) is 4.05. The highest BCUT2D eigenvalue weighted by Crippen LogP contribution is 2.19. The molecule has 1 unspecified atom stereocenters. The highest BCUT2D eigenvalue weighted by molar-refractivity contribution is 5.74. The van der Waals surface area contributed by atoms with Gasteiger partial charge in [-0.3, -0.25) is 9.97 Å². The average molecular weight is 215 g/mol. The van der Waals surface area contributed by atoms with Gasteiger partial charge >= 0.3 is 0 Å². The van der Waals surface area contributed by atoms with Gasteiger partial charge in [0.25, 0.3) is 0 Å². The quantitative estimate of drug-likeness (QED) is 0.853. The maximum Gasteiger partial charge on any atom is 0.0890 e. The Morgan fingerprint density at radius 2 is 1.94 bits per heavy atom. The van der Waals surface area contributed by atoms with E-state index >= 15 is 0 Å². The fourth-order valence-corrected chi connectivity index (χ4v) is 1.80. The van der Waals surface area contributed by atoms with E-state index in [4.69, 9.17) is 5.73 Å². The summed E-state index contributed by atoms with van der Waals surface area (Å²) < 4.78 is 0. The molecule has 0 aliphatic heterocycles. The van der Waals surface area contributed by atoms with Gasteiger partial charge < -0.3 is 5.73 Å². The van der Waals surface area contributed by atoms with Gasteiger partial charge in [0.05, 0.1) is 11.0 Å². The zero-order valence-corrected chi connectivity index (χ0v) is 9.56. The summed E-state index contributed by atoms with van der Waals surface area (Å²) in [5, 5.41) is 0. The van der Waals surface area contributed by atoms with Crippen molar-refractivity contribution < 1.29 is 0 Å². The van der Waals surface area contributed by atoms with Gasteiger partial charge in [-0.15, -0.1) is 0 Å². The van der Waals surface area contributed by atoms with Crippen LogP contribution in [-0.4, -0.2) is 9.97 Å². The number of fused-ring (bicyclic) bond motifs is 1. The fraction of sp³-hybridized carbons (Fsp3) is 0.385. The molecule has 2 rings (SSSR count). The molecule has 1 aromatic heterocycles. The lowest BCUT2D eigenvalue weighted by atomic mass is 10.0. The van der Waals surface area contributed by atoms with Crippen LogP contribution in [-0.2, 0) is 0 Å². The van der Waals surface area contributed by atoms with Crippen molar-refractivity contribution in [3.8, 4) is 0 Å². The van der Waals surface area contributed by atoms with Gasteiger partial charge in [-0.25, -0.2) is 0 Å². The van der Waals surface area contributed by atoms with Gasteiger partial charge in [0.1, 0.15) is 0 Å². The highest BCUT2D eigenvalue weighted by atomic mass is 14.8. The van der Waals surface area contributed by atoms with Crippen LogP contribution in [0.25, 0.3) is 11.0 Å². The zero-order chi connectivity index (χ0) is 11.4. The first kappa shape index (κ1) is 11.0. The molecule has 84 valence electrons. The first-order valence-corrected chi connectivity index (χ1v) is 5.77. The van der Waals surface area contributed by atoms with Crippen molar-refractivity contribution >= 4 is 11.0 Å². The smallest absolute Gasteiger partial charge is 0.0890 e. The lowest BCUT2D eigenvalue weighted by molar-refractivity contribution is 0.604. The topological polar surface area (TPSA) is 51.8 Å². The molecular formula is C13H17N3. The number of benzene rings is 1. The number of nitrogens with two attached hydrogens (primary N) is 1. The number of unbranched alkanes of at least 4 members (excludes halogenated alkanes) is 1. The van der Waals surface area contributed by atoms with E-state index in [1.165, 1.54) is 12.8 Å². The molecule has 1 atom stereocenters. The largest absolute Gasteiger partial charge is 0.324 e. The number of hydrogen-bond donors (Lipinski definition) is 1. The Hall–Kier alpha value is -1.48. The molecule has 3 heteroatoms. The van der Waals surface area contributed by atoms with E-state index in [9.17, 15) is 0 Å². The average Bonchev–Trinajstić information content (AvgIpc) is 2.35. The Kier molecular flexibility index (Phi) is 3.47. The molecule has 0 fully saturated rings. The van der Waals surface area contributed by atoms with Gasteiger partial charge in [-0.1, -0.05) is 25.8 Å². The van der Waals surface area contributed by atoms with E-state index in [0.29, 0.717) is 0 Å². The molecule has 0 aliphatic rings. The molecule has 3 nitrogen and oxygen atoms in total. The standard InChI is InChI=1S/C13H17N3/c1-2-3-4-11(14)10-5-6-12-13(9-10)16-8-7-15-12/h5-9,11H,2-4,14H2,1H3. The molecule has 1 heterocycles. The molecule has 0 bridgehead atoms. The molecular weight excluding hydrogens is 198 g/mol. The van der Waals surface area contributed by atoms with Crippen molar-refractivity contribution in [3.63, 3.8) is 0 Å². The minimum atomic E-state index is 0.117. The van der Waals surface area contributed by atoms with Gasteiger partial charge in [0.2, 0.25) is 0 Å². The summed E-state index contributed by atoms with van der Waals surface area (Å²) in [5.41, 5.74) is 9.13. The van der Waals surface area contributed by atoms with E-state index in [1.807, 2.05) is 12.1 Å². The van der Waals surface area contributed by atoms with Gasteiger partial charge in [0.15, 0.2) is 0 Å². The lowest BCUT2D eigenvalue weighted by Gasteiger charge is -2.11. The van der Waals surface area contributed by atoms with E-state index in [-0.39, 0.29) is 6.04 Å². The van der Waals surface area contributed by atoms with E-state index in [1.54, 1.807) is 12.4 Å². The van der Waals surface area contributed by atoms with Crippen LogP contribution < -0.4 is 5.73 Å². The minimum absolute atomic E-state index is 0.117. The third-order valence-electron chi connectivity index (χ3n) is 2.79. The van der Waals surface area contributed by atoms with Gasteiger partial charge in [0, 0.05) is 18.4 Å². The third-order valence-corrected chi connectivity index (χ3v) is 2.79. The molecule has 0 saturated carbocycles. The highest BCUT2D eigenvalue weighted by Gasteiger charge is 2.06. The third kappa shape index (κ3) is 2.36. The summed E-state index contributed by atoms with van der Waals surface area (Å²) in [6.07, 6.45) is 6.80. The van der Waals surface area contributed by atoms with Crippen LogP contribution in [0.3, 0.4) is 0 Å². The number of nitrogens with zero attached hydrogens (tertiary/aromatic N) is 2. The molecule has 1 aromatic carbocycles. The van der Waals surface area contributed by atoms with Crippen molar-refractivity contribution in [2.45, 2.75) is 32.2 Å². The maximum absolute atomic E-state index is 6.12. The van der Waals surface area contributed by atoms with Crippen molar-refractivity contribution in [2.24, 2.45) is 5.73 Å². The van der Waals surface area contributed by atoms with Crippen molar-refractivity contribution in [2.75, 3.05) is 0 Å². The van der Waals surface area contributed by atoms with Gasteiger partial charge in [-0.05, 0) is 24.1 Å². The summed E-state index contributed by atoms with van der Waals surface area (Å²) in [6, 6.07) is 6.20. The Balaban J connectivity index is 2.25. The SMILES string of the molecule is CCCCC(N)c1ccc2nccnc2c1. The molecule has 0 spiro atoms. The van der Waals surface area contributed by atoms with Gasteiger partial charge in [-0.2, -0.15) is 0 Å². The van der Waals surface area contributed by atoms with Crippen LogP contribution >= 0.6 is 0 Å². The van der Waals surface area contributed by atoms with Crippen LogP contribution in [0, 0.1) is 0 Å². The molecule has 2 N–H and O–H groups in total. The molecule has 16 heavy (non-hydrogen) atoms. The Bertz CT molecular complexity index is 467. The van der Waals surface area contributed by atoms with Crippen molar-refractivity contribution in [1.29, 1.82) is 0 Å². The number of hydrogen-bond acceptors (Lipinski definition) is 3. The Morgan fingerprint density at radius 3 is 2.69 bits per heavy atom. The van der Waals surface area contributed by atoms with Crippen LogP contribution in [0.1, 0.15) is 37.8 Å². The number of rotatable bonds is 4. The molecule has 0 aliphatic carbocycles. The first-order valence-electron chi connectivity index (χ1n) is 5.77. The van der Waals surface area contributed by atoms with E-state index in [2.05, 4.69) is 23.0 Å².